The van der Waals surface area contributed by atoms with Gasteiger partial charge in [-0.3, -0.25) is 0 Å². The molecule has 3 aromatic rings. The Labute approximate surface area is 141 Å². The van der Waals surface area contributed by atoms with Crippen molar-refractivity contribution < 1.29 is 0 Å². The maximum atomic E-state index is 5.70. The highest BCUT2D eigenvalue weighted by molar-refractivity contribution is 5.99. The molecule has 0 amide bonds. The number of rotatable bonds is 4. The molecule has 0 aliphatic rings. The summed E-state index contributed by atoms with van der Waals surface area (Å²) in [4.78, 5) is 8.92. The first-order valence-electron chi connectivity index (χ1n) is 7.69. The number of nitrogen functional groups attached to an aromatic ring is 1. The van der Waals surface area contributed by atoms with Crippen LogP contribution < -0.4 is 11.2 Å². The van der Waals surface area contributed by atoms with E-state index < -0.39 is 0 Å². The number of aromatic nitrogens is 2. The van der Waals surface area contributed by atoms with Gasteiger partial charge in [0, 0.05) is 16.9 Å². The van der Waals surface area contributed by atoms with Gasteiger partial charge >= 0.3 is 0 Å². The van der Waals surface area contributed by atoms with E-state index in [4.69, 9.17) is 5.73 Å². The van der Waals surface area contributed by atoms with Gasteiger partial charge in [-0.15, -0.1) is 0 Å². The van der Waals surface area contributed by atoms with Crippen molar-refractivity contribution in [1.29, 1.82) is 0 Å². The summed E-state index contributed by atoms with van der Waals surface area (Å²) in [5.74, 6) is 0.476. The Morgan fingerprint density at radius 3 is 2.42 bits per heavy atom. The van der Waals surface area contributed by atoms with E-state index in [0.29, 0.717) is 5.95 Å². The van der Waals surface area contributed by atoms with Gasteiger partial charge in [0.1, 0.15) is 0 Å². The summed E-state index contributed by atoms with van der Waals surface area (Å²) < 4.78 is 0. The molecule has 0 unspecified atom stereocenters. The van der Waals surface area contributed by atoms with Gasteiger partial charge < -0.3 is 5.73 Å². The highest BCUT2D eigenvalue weighted by atomic mass is 15.4. The van der Waals surface area contributed by atoms with E-state index in [9.17, 15) is 0 Å². The summed E-state index contributed by atoms with van der Waals surface area (Å²) in [6, 6.07) is 19.5. The van der Waals surface area contributed by atoms with Crippen molar-refractivity contribution in [2.45, 2.75) is 13.8 Å². The molecule has 0 saturated carbocycles. The van der Waals surface area contributed by atoms with Gasteiger partial charge in [0.15, 0.2) is 0 Å². The van der Waals surface area contributed by atoms with Crippen molar-refractivity contribution >= 4 is 17.3 Å². The summed E-state index contributed by atoms with van der Waals surface area (Å²) in [5, 5.41) is 4.37. The number of benzene rings is 2. The van der Waals surface area contributed by atoms with E-state index in [1.54, 1.807) is 0 Å². The topological polar surface area (TPSA) is 76.2 Å². The zero-order chi connectivity index (χ0) is 16.9. The van der Waals surface area contributed by atoms with Gasteiger partial charge in [-0.1, -0.05) is 42.5 Å². The molecule has 5 heteroatoms. The van der Waals surface area contributed by atoms with E-state index in [-0.39, 0.29) is 0 Å². The molecule has 5 nitrogen and oxygen atoms in total. The first-order chi connectivity index (χ1) is 11.6. The molecule has 120 valence electrons. The molecule has 3 rings (SSSR count). The van der Waals surface area contributed by atoms with Crippen LogP contribution in [0.4, 0.5) is 11.6 Å². The number of nitrogens with one attached hydrogen (secondary N) is 1. The van der Waals surface area contributed by atoms with E-state index in [2.05, 4.69) is 20.5 Å². The van der Waals surface area contributed by atoms with Gasteiger partial charge in [-0.2, -0.15) is 5.10 Å². The zero-order valence-corrected chi connectivity index (χ0v) is 13.7. The highest BCUT2D eigenvalue weighted by Crippen LogP contribution is 2.18. The maximum Gasteiger partial charge on any atom is 0.244 e. The smallest absolute Gasteiger partial charge is 0.244 e. The first kappa shape index (κ1) is 15.7. The number of nitrogens with two attached hydrogens (primary N) is 1. The lowest BCUT2D eigenvalue weighted by atomic mass is 10.1. The molecule has 24 heavy (non-hydrogen) atoms. The third-order valence-corrected chi connectivity index (χ3v) is 3.58. The third kappa shape index (κ3) is 3.76. The van der Waals surface area contributed by atoms with Crippen molar-refractivity contribution in [2.75, 3.05) is 11.2 Å². The van der Waals surface area contributed by atoms with Crippen LogP contribution in [-0.4, -0.2) is 15.7 Å². The van der Waals surface area contributed by atoms with Crippen LogP contribution in [0, 0.1) is 6.92 Å². The second-order valence-corrected chi connectivity index (χ2v) is 5.52. The van der Waals surface area contributed by atoms with Gasteiger partial charge in [-0.25, -0.2) is 15.4 Å². The Hall–Kier alpha value is -3.21. The van der Waals surface area contributed by atoms with Crippen molar-refractivity contribution in [3.63, 3.8) is 0 Å². The predicted molar refractivity (Wildman–Crippen MR) is 98.9 cm³/mol. The standard InChI is InChI=1S/C19H19N5/c1-13-12-18(16-6-4-3-5-7-16)22-19(21-13)24-23-14(2)15-8-10-17(20)11-9-15/h3-12H,20H2,1-2H3,(H,21,22,24)/b23-14+. The number of nitrogens with zero attached hydrogens (tertiary/aromatic N) is 3. The molecule has 0 fully saturated rings. The summed E-state index contributed by atoms with van der Waals surface area (Å²) in [6.45, 7) is 3.86. The summed E-state index contributed by atoms with van der Waals surface area (Å²) in [6.07, 6.45) is 0. The largest absolute Gasteiger partial charge is 0.399 e. The fourth-order valence-electron chi connectivity index (χ4n) is 2.30. The van der Waals surface area contributed by atoms with E-state index in [0.717, 1.165) is 33.9 Å². The normalized spacial score (nSPS) is 11.3. The summed E-state index contributed by atoms with van der Waals surface area (Å²) in [5.41, 5.74) is 14.0. The van der Waals surface area contributed by atoms with Crippen LogP contribution in [0.3, 0.4) is 0 Å². The van der Waals surface area contributed by atoms with Crippen molar-refractivity contribution in [3.05, 3.63) is 71.9 Å². The van der Waals surface area contributed by atoms with Crippen LogP contribution in [0.15, 0.2) is 65.8 Å². The van der Waals surface area contributed by atoms with Crippen molar-refractivity contribution in [2.24, 2.45) is 5.10 Å². The monoisotopic (exact) mass is 317 g/mol. The molecule has 2 aromatic carbocycles. The van der Waals surface area contributed by atoms with Gasteiger partial charge in [0.2, 0.25) is 5.95 Å². The first-order valence-corrected chi connectivity index (χ1v) is 7.69. The molecule has 0 aliphatic heterocycles. The lowest BCUT2D eigenvalue weighted by Crippen LogP contribution is -2.04. The minimum absolute atomic E-state index is 0.476. The Kier molecular flexibility index (Phi) is 4.52. The number of aryl methyl sites for hydroxylation is 1. The van der Waals surface area contributed by atoms with Gasteiger partial charge in [0.25, 0.3) is 0 Å². The second kappa shape index (κ2) is 6.91. The quantitative estimate of drug-likeness (QED) is 0.435. The molecule has 0 atom stereocenters. The Morgan fingerprint density at radius 2 is 1.71 bits per heavy atom. The van der Waals surface area contributed by atoms with Crippen LogP contribution in [-0.2, 0) is 0 Å². The maximum absolute atomic E-state index is 5.70. The average molecular weight is 317 g/mol. The van der Waals surface area contributed by atoms with Crippen LogP contribution in [0.2, 0.25) is 0 Å². The molecule has 3 N–H and O–H groups in total. The van der Waals surface area contributed by atoms with Gasteiger partial charge in [0.05, 0.1) is 11.4 Å². The van der Waals surface area contributed by atoms with E-state index in [1.807, 2.05) is 74.5 Å². The molecular weight excluding hydrogens is 298 g/mol. The third-order valence-electron chi connectivity index (χ3n) is 3.58. The Morgan fingerprint density at radius 1 is 1.00 bits per heavy atom. The lowest BCUT2D eigenvalue weighted by Gasteiger charge is -2.07. The molecule has 0 spiro atoms. The van der Waals surface area contributed by atoms with E-state index in [1.165, 1.54) is 0 Å². The summed E-state index contributed by atoms with van der Waals surface area (Å²) >= 11 is 0. The number of hydrogen-bond donors (Lipinski definition) is 2. The van der Waals surface area contributed by atoms with Crippen LogP contribution >= 0.6 is 0 Å². The highest BCUT2D eigenvalue weighted by Gasteiger charge is 2.04. The van der Waals surface area contributed by atoms with Crippen molar-refractivity contribution in [3.8, 4) is 11.3 Å². The van der Waals surface area contributed by atoms with Crippen LogP contribution in [0.25, 0.3) is 11.3 Å². The minimum Gasteiger partial charge on any atom is -0.399 e. The SMILES string of the molecule is C/C(=N\Nc1nc(C)cc(-c2ccccc2)n1)c1ccc(N)cc1. The van der Waals surface area contributed by atoms with Gasteiger partial charge in [-0.05, 0) is 37.6 Å². The zero-order valence-electron chi connectivity index (χ0n) is 13.7. The minimum atomic E-state index is 0.476. The predicted octanol–water partition coefficient (Wildman–Crippen LogP) is 3.87. The molecule has 1 heterocycles. The Bertz CT molecular complexity index is 855. The van der Waals surface area contributed by atoms with E-state index >= 15 is 0 Å². The second-order valence-electron chi connectivity index (χ2n) is 5.52. The molecular formula is C19H19N5. The Balaban J connectivity index is 1.84. The molecule has 0 radical (unpaired) electrons. The number of hydrazone groups is 1. The number of anilines is 2. The van der Waals surface area contributed by atoms with Crippen molar-refractivity contribution in [1.82, 2.24) is 9.97 Å². The number of hydrogen-bond acceptors (Lipinski definition) is 5. The fourth-order valence-corrected chi connectivity index (χ4v) is 2.30. The lowest BCUT2D eigenvalue weighted by molar-refractivity contribution is 1.07. The molecule has 0 bridgehead atoms. The molecule has 1 aromatic heterocycles. The fraction of sp³-hybridized carbons (Fsp3) is 0.105. The van der Waals surface area contributed by atoms with Crippen LogP contribution in [0.1, 0.15) is 18.2 Å². The summed E-state index contributed by atoms with van der Waals surface area (Å²) in [7, 11) is 0. The molecule has 0 saturated heterocycles. The van der Waals surface area contributed by atoms with Crippen LogP contribution in [0.5, 0.6) is 0 Å². The molecule has 0 aliphatic carbocycles. The average Bonchev–Trinajstić information content (AvgIpc) is 2.60.